The van der Waals surface area contributed by atoms with Crippen LogP contribution in [0.4, 0.5) is 5.69 Å². The first-order valence-corrected chi connectivity index (χ1v) is 5.35. The summed E-state index contributed by atoms with van der Waals surface area (Å²) in [6, 6.07) is 3.35. The van der Waals surface area contributed by atoms with Crippen LogP contribution < -0.4 is 5.73 Å². The SMILES string of the molecule is Cn1cnc(-c2nc3cc(Cl)c(N)cc3o2)c1. The molecule has 0 saturated carbocycles. The van der Waals surface area contributed by atoms with Crippen LogP contribution in [0.3, 0.4) is 0 Å². The summed E-state index contributed by atoms with van der Waals surface area (Å²) in [5.41, 5.74) is 8.13. The van der Waals surface area contributed by atoms with Gasteiger partial charge in [-0.1, -0.05) is 11.6 Å². The van der Waals surface area contributed by atoms with Crippen LogP contribution in [0.15, 0.2) is 29.1 Å². The van der Waals surface area contributed by atoms with Crippen LogP contribution in [0.2, 0.25) is 5.02 Å². The number of anilines is 1. The van der Waals surface area contributed by atoms with Crippen molar-refractivity contribution in [3.8, 4) is 11.6 Å². The van der Waals surface area contributed by atoms with E-state index in [4.69, 9.17) is 21.8 Å². The van der Waals surface area contributed by atoms with Gasteiger partial charge in [-0.05, 0) is 6.07 Å². The van der Waals surface area contributed by atoms with Crippen LogP contribution in [0.5, 0.6) is 0 Å². The van der Waals surface area contributed by atoms with Crippen molar-refractivity contribution in [3.63, 3.8) is 0 Å². The minimum absolute atomic E-state index is 0.460. The van der Waals surface area contributed by atoms with Crippen molar-refractivity contribution in [2.75, 3.05) is 5.73 Å². The molecule has 3 rings (SSSR count). The second kappa shape index (κ2) is 3.49. The molecular weight excluding hydrogens is 240 g/mol. The number of oxazole rings is 1. The summed E-state index contributed by atoms with van der Waals surface area (Å²) >= 11 is 5.92. The van der Waals surface area contributed by atoms with E-state index in [0.29, 0.717) is 33.4 Å². The topological polar surface area (TPSA) is 69.9 Å². The van der Waals surface area contributed by atoms with Crippen LogP contribution in [0, 0.1) is 0 Å². The average Bonchev–Trinajstić information content (AvgIpc) is 2.85. The van der Waals surface area contributed by atoms with Gasteiger partial charge in [0.15, 0.2) is 5.58 Å². The average molecular weight is 249 g/mol. The summed E-state index contributed by atoms with van der Waals surface area (Å²) in [7, 11) is 1.88. The number of aryl methyl sites for hydroxylation is 1. The molecule has 2 aromatic heterocycles. The van der Waals surface area contributed by atoms with E-state index in [2.05, 4.69) is 9.97 Å². The number of nitrogens with two attached hydrogens (primary N) is 1. The Morgan fingerprint density at radius 1 is 1.41 bits per heavy atom. The Balaban J connectivity index is 2.19. The standard InChI is InChI=1S/C11H9ClN4O/c1-16-4-9(14-5-16)11-15-8-2-6(12)7(13)3-10(8)17-11/h2-5H,13H2,1H3. The Morgan fingerprint density at radius 2 is 2.24 bits per heavy atom. The molecule has 2 heterocycles. The summed E-state index contributed by atoms with van der Waals surface area (Å²) in [6.07, 6.45) is 3.52. The number of nitrogens with zero attached hydrogens (tertiary/aromatic N) is 3. The minimum Gasteiger partial charge on any atom is -0.435 e. The molecule has 0 aliphatic rings. The molecule has 0 saturated heterocycles. The first-order chi connectivity index (χ1) is 8.13. The summed E-state index contributed by atoms with van der Waals surface area (Å²) in [5, 5.41) is 0.471. The fourth-order valence-electron chi connectivity index (χ4n) is 1.60. The Morgan fingerprint density at radius 3 is 2.94 bits per heavy atom. The lowest BCUT2D eigenvalue weighted by Crippen LogP contribution is -1.84. The predicted octanol–water partition coefficient (Wildman–Crippen LogP) is 2.46. The minimum atomic E-state index is 0.460. The molecule has 6 heteroatoms. The zero-order chi connectivity index (χ0) is 12.0. The lowest BCUT2D eigenvalue weighted by Gasteiger charge is -1.94. The highest BCUT2D eigenvalue weighted by atomic mass is 35.5. The van der Waals surface area contributed by atoms with Crippen LogP contribution in [-0.2, 0) is 7.05 Å². The zero-order valence-electron chi connectivity index (χ0n) is 9.01. The number of imidazole rings is 1. The molecule has 0 spiro atoms. The third-order valence-electron chi connectivity index (χ3n) is 2.43. The van der Waals surface area contributed by atoms with E-state index in [1.54, 1.807) is 18.5 Å². The van der Waals surface area contributed by atoms with Crippen LogP contribution >= 0.6 is 11.6 Å². The molecule has 0 fully saturated rings. The molecule has 2 N–H and O–H groups in total. The monoisotopic (exact) mass is 248 g/mol. The molecule has 86 valence electrons. The molecule has 3 aromatic rings. The Kier molecular flexibility index (Phi) is 2.09. The number of benzene rings is 1. The summed E-state index contributed by atoms with van der Waals surface area (Å²) in [6.45, 7) is 0. The number of nitrogen functional groups attached to an aromatic ring is 1. The van der Waals surface area contributed by atoms with Crippen molar-refractivity contribution >= 4 is 28.4 Å². The molecule has 5 nitrogen and oxygen atoms in total. The van der Waals surface area contributed by atoms with Crippen molar-refractivity contribution in [1.82, 2.24) is 14.5 Å². The van der Waals surface area contributed by atoms with Crippen molar-refractivity contribution in [1.29, 1.82) is 0 Å². The summed E-state index contributed by atoms with van der Waals surface area (Å²) < 4.78 is 7.40. The van der Waals surface area contributed by atoms with Crippen LogP contribution in [-0.4, -0.2) is 14.5 Å². The molecule has 1 aromatic carbocycles. The smallest absolute Gasteiger partial charge is 0.247 e. The van der Waals surface area contributed by atoms with E-state index in [9.17, 15) is 0 Å². The molecule has 0 unspecified atom stereocenters. The lowest BCUT2D eigenvalue weighted by molar-refractivity contribution is 0.617. The van der Waals surface area contributed by atoms with Gasteiger partial charge in [0.2, 0.25) is 5.89 Å². The second-order valence-electron chi connectivity index (χ2n) is 3.78. The second-order valence-corrected chi connectivity index (χ2v) is 4.19. The van der Waals surface area contributed by atoms with Gasteiger partial charge in [-0.15, -0.1) is 0 Å². The van der Waals surface area contributed by atoms with Gasteiger partial charge in [-0.2, -0.15) is 0 Å². The third kappa shape index (κ3) is 1.64. The normalized spacial score (nSPS) is 11.2. The van der Waals surface area contributed by atoms with Crippen LogP contribution in [0.25, 0.3) is 22.7 Å². The fraction of sp³-hybridized carbons (Fsp3) is 0.0909. The number of aromatic nitrogens is 3. The quantitative estimate of drug-likeness (QED) is 0.672. The van der Waals surface area contributed by atoms with Crippen molar-refractivity contribution in [3.05, 3.63) is 29.7 Å². The highest BCUT2D eigenvalue weighted by Crippen LogP contribution is 2.28. The maximum absolute atomic E-state index is 5.92. The molecule has 17 heavy (non-hydrogen) atoms. The first kappa shape index (κ1) is 10.2. The van der Waals surface area contributed by atoms with Gasteiger partial charge in [0.1, 0.15) is 11.2 Å². The fourth-order valence-corrected chi connectivity index (χ4v) is 1.75. The third-order valence-corrected chi connectivity index (χ3v) is 2.76. The van der Waals surface area contributed by atoms with E-state index < -0.39 is 0 Å². The number of rotatable bonds is 1. The first-order valence-electron chi connectivity index (χ1n) is 4.97. The van der Waals surface area contributed by atoms with Gasteiger partial charge < -0.3 is 14.7 Å². The zero-order valence-corrected chi connectivity index (χ0v) is 9.77. The molecule has 0 aliphatic heterocycles. The van der Waals surface area contributed by atoms with E-state index >= 15 is 0 Å². The maximum atomic E-state index is 5.92. The van der Waals surface area contributed by atoms with Gasteiger partial charge in [0, 0.05) is 19.3 Å². The Bertz CT molecular complexity index is 662. The summed E-state index contributed by atoms with van der Waals surface area (Å²) in [5.74, 6) is 0.460. The predicted molar refractivity (Wildman–Crippen MR) is 65.6 cm³/mol. The van der Waals surface area contributed by atoms with Crippen molar-refractivity contribution < 1.29 is 4.42 Å². The molecule has 0 atom stereocenters. The Labute approximate surface area is 102 Å². The molecule has 0 amide bonds. The van der Waals surface area contributed by atoms with Gasteiger partial charge in [-0.3, -0.25) is 0 Å². The van der Waals surface area contributed by atoms with Crippen molar-refractivity contribution in [2.45, 2.75) is 0 Å². The largest absolute Gasteiger partial charge is 0.435 e. The van der Waals surface area contributed by atoms with E-state index in [1.807, 2.05) is 17.8 Å². The number of hydrogen-bond acceptors (Lipinski definition) is 4. The highest BCUT2D eigenvalue weighted by Gasteiger charge is 2.12. The maximum Gasteiger partial charge on any atom is 0.247 e. The lowest BCUT2D eigenvalue weighted by atomic mass is 10.3. The highest BCUT2D eigenvalue weighted by molar-refractivity contribution is 6.33. The molecule has 0 aliphatic carbocycles. The molecular formula is C11H9ClN4O. The van der Waals surface area contributed by atoms with Gasteiger partial charge in [-0.25, -0.2) is 9.97 Å². The summed E-state index contributed by atoms with van der Waals surface area (Å²) in [4.78, 5) is 8.48. The van der Waals surface area contributed by atoms with Gasteiger partial charge in [0.05, 0.1) is 17.0 Å². The Hall–Kier alpha value is -2.01. The molecule has 0 radical (unpaired) electrons. The van der Waals surface area contributed by atoms with E-state index in [1.165, 1.54) is 0 Å². The van der Waals surface area contributed by atoms with Crippen molar-refractivity contribution in [2.24, 2.45) is 7.05 Å². The van der Waals surface area contributed by atoms with E-state index in [0.717, 1.165) is 0 Å². The number of fused-ring (bicyclic) bond motifs is 1. The van der Waals surface area contributed by atoms with Gasteiger partial charge in [0.25, 0.3) is 0 Å². The number of hydrogen-bond donors (Lipinski definition) is 1. The van der Waals surface area contributed by atoms with Crippen LogP contribution in [0.1, 0.15) is 0 Å². The van der Waals surface area contributed by atoms with E-state index in [-0.39, 0.29) is 0 Å². The molecule has 0 bridgehead atoms. The number of halogens is 1. The van der Waals surface area contributed by atoms with Gasteiger partial charge >= 0.3 is 0 Å².